The van der Waals surface area contributed by atoms with Crippen molar-refractivity contribution in [3.8, 4) is 5.75 Å². The van der Waals surface area contributed by atoms with Crippen molar-refractivity contribution < 1.29 is 18.7 Å². The second-order valence-corrected chi connectivity index (χ2v) is 7.26. The highest BCUT2D eigenvalue weighted by Crippen LogP contribution is 2.23. The summed E-state index contributed by atoms with van der Waals surface area (Å²) in [5.41, 5.74) is -0.442. The van der Waals surface area contributed by atoms with E-state index in [1.54, 1.807) is 80.8 Å². The molecule has 3 rings (SSSR count). The highest BCUT2D eigenvalue weighted by Gasteiger charge is 2.31. The summed E-state index contributed by atoms with van der Waals surface area (Å²) in [7, 11) is 0. The number of carbonyl (C=O) groups is 2. The largest absolute Gasteiger partial charge is 0.478 e. The molecular formula is C22H21ClN2O4. The SMILES string of the molecule is CC(C)(Oc1ccc(Cl)cc1)C(=O)Nc1ccccc1C(=O)NCc1ccco1. The number of para-hydroxylation sites is 1. The zero-order valence-electron chi connectivity index (χ0n) is 16.1. The van der Waals surface area contributed by atoms with Gasteiger partial charge in [0.15, 0.2) is 5.60 Å². The number of anilines is 1. The Bertz CT molecular complexity index is 982. The molecule has 0 radical (unpaired) electrons. The average Bonchev–Trinajstić information content (AvgIpc) is 3.22. The van der Waals surface area contributed by atoms with Gasteiger partial charge >= 0.3 is 0 Å². The highest BCUT2D eigenvalue weighted by atomic mass is 35.5. The molecule has 0 atom stereocenters. The number of amides is 2. The summed E-state index contributed by atoms with van der Waals surface area (Å²) in [6, 6.07) is 17.0. The predicted molar refractivity (Wildman–Crippen MR) is 111 cm³/mol. The molecule has 3 aromatic rings. The normalized spacial score (nSPS) is 11.0. The first kappa shape index (κ1) is 20.5. The fourth-order valence-electron chi connectivity index (χ4n) is 2.58. The van der Waals surface area contributed by atoms with E-state index < -0.39 is 11.5 Å². The van der Waals surface area contributed by atoms with Crippen LogP contribution in [0.15, 0.2) is 71.3 Å². The van der Waals surface area contributed by atoms with E-state index >= 15 is 0 Å². The van der Waals surface area contributed by atoms with Crippen LogP contribution in [-0.2, 0) is 11.3 Å². The molecule has 29 heavy (non-hydrogen) atoms. The van der Waals surface area contributed by atoms with Gasteiger partial charge < -0.3 is 19.8 Å². The summed E-state index contributed by atoms with van der Waals surface area (Å²) in [5.74, 6) is 0.434. The van der Waals surface area contributed by atoms with Crippen molar-refractivity contribution in [2.75, 3.05) is 5.32 Å². The summed E-state index contributed by atoms with van der Waals surface area (Å²) >= 11 is 5.88. The Morgan fingerprint density at radius 1 is 1.03 bits per heavy atom. The third-order valence-electron chi connectivity index (χ3n) is 4.16. The maximum atomic E-state index is 12.8. The van der Waals surface area contributed by atoms with Crippen LogP contribution in [0, 0.1) is 0 Å². The number of halogens is 1. The molecule has 0 fully saturated rings. The van der Waals surface area contributed by atoms with Crippen molar-refractivity contribution in [2.45, 2.75) is 26.0 Å². The molecule has 6 nitrogen and oxygen atoms in total. The number of nitrogens with one attached hydrogen (secondary N) is 2. The molecular weight excluding hydrogens is 392 g/mol. The smallest absolute Gasteiger partial charge is 0.267 e. The van der Waals surface area contributed by atoms with Gasteiger partial charge in [-0.05, 0) is 62.4 Å². The molecule has 0 unspecified atom stereocenters. The van der Waals surface area contributed by atoms with E-state index in [1.165, 1.54) is 0 Å². The highest BCUT2D eigenvalue weighted by molar-refractivity contribution is 6.30. The summed E-state index contributed by atoms with van der Waals surface area (Å²) in [6.45, 7) is 3.55. The van der Waals surface area contributed by atoms with Crippen LogP contribution in [0.1, 0.15) is 30.0 Å². The molecule has 0 saturated heterocycles. The first-order valence-corrected chi connectivity index (χ1v) is 9.38. The Labute approximate surface area is 173 Å². The lowest BCUT2D eigenvalue weighted by Gasteiger charge is -2.26. The van der Waals surface area contributed by atoms with Crippen LogP contribution in [-0.4, -0.2) is 17.4 Å². The van der Waals surface area contributed by atoms with E-state index in [0.29, 0.717) is 27.8 Å². The number of benzene rings is 2. The first-order valence-electron chi connectivity index (χ1n) is 9.01. The van der Waals surface area contributed by atoms with Gasteiger partial charge in [0, 0.05) is 5.02 Å². The molecule has 0 aliphatic heterocycles. The van der Waals surface area contributed by atoms with E-state index in [-0.39, 0.29) is 12.5 Å². The fourth-order valence-corrected chi connectivity index (χ4v) is 2.71. The number of rotatable bonds is 7. The molecule has 0 aliphatic rings. The Balaban J connectivity index is 1.69. The summed E-state index contributed by atoms with van der Waals surface area (Å²) in [5, 5.41) is 6.13. The van der Waals surface area contributed by atoms with Crippen LogP contribution in [0.25, 0.3) is 0 Å². The van der Waals surface area contributed by atoms with Crippen molar-refractivity contribution in [2.24, 2.45) is 0 Å². The zero-order valence-corrected chi connectivity index (χ0v) is 16.8. The molecule has 7 heteroatoms. The fraction of sp³-hybridized carbons (Fsp3) is 0.182. The van der Waals surface area contributed by atoms with Gasteiger partial charge in [-0.2, -0.15) is 0 Å². The number of hydrogen-bond donors (Lipinski definition) is 2. The number of carbonyl (C=O) groups excluding carboxylic acids is 2. The quantitative estimate of drug-likeness (QED) is 0.591. The van der Waals surface area contributed by atoms with E-state index in [0.717, 1.165) is 0 Å². The molecule has 150 valence electrons. The Morgan fingerprint density at radius 3 is 2.45 bits per heavy atom. The summed E-state index contributed by atoms with van der Waals surface area (Å²) in [6.07, 6.45) is 1.54. The topological polar surface area (TPSA) is 80.6 Å². The summed E-state index contributed by atoms with van der Waals surface area (Å²) < 4.78 is 11.0. The number of hydrogen-bond acceptors (Lipinski definition) is 4. The molecule has 2 amide bonds. The van der Waals surface area contributed by atoms with E-state index in [2.05, 4.69) is 10.6 Å². The Hall–Kier alpha value is -3.25. The standard InChI is InChI=1S/C22H21ClN2O4/c1-22(2,29-16-11-9-15(23)10-12-16)21(27)25-19-8-4-3-7-18(19)20(26)24-14-17-6-5-13-28-17/h3-13H,14H2,1-2H3,(H,24,26)(H,25,27). The Morgan fingerprint density at radius 2 is 1.76 bits per heavy atom. The minimum Gasteiger partial charge on any atom is -0.478 e. The second-order valence-electron chi connectivity index (χ2n) is 6.83. The van der Waals surface area contributed by atoms with Crippen molar-refractivity contribution in [3.05, 3.63) is 83.3 Å². The van der Waals surface area contributed by atoms with Crippen LogP contribution in [0.4, 0.5) is 5.69 Å². The minimum atomic E-state index is -1.18. The Kier molecular flexibility index (Phi) is 6.24. The van der Waals surface area contributed by atoms with Crippen LogP contribution in [0.3, 0.4) is 0 Å². The van der Waals surface area contributed by atoms with E-state index in [4.69, 9.17) is 20.8 Å². The minimum absolute atomic E-state index is 0.249. The van der Waals surface area contributed by atoms with Gasteiger partial charge in [-0.3, -0.25) is 9.59 Å². The molecule has 1 heterocycles. The zero-order chi connectivity index (χ0) is 20.9. The van der Waals surface area contributed by atoms with Crippen LogP contribution < -0.4 is 15.4 Å². The molecule has 1 aromatic heterocycles. The molecule has 0 aliphatic carbocycles. The lowest BCUT2D eigenvalue weighted by atomic mass is 10.1. The lowest BCUT2D eigenvalue weighted by molar-refractivity contribution is -0.128. The molecule has 0 bridgehead atoms. The van der Waals surface area contributed by atoms with Crippen LogP contribution >= 0.6 is 11.6 Å². The summed E-state index contributed by atoms with van der Waals surface area (Å²) in [4.78, 5) is 25.4. The third-order valence-corrected chi connectivity index (χ3v) is 4.41. The number of ether oxygens (including phenoxy) is 1. The van der Waals surface area contributed by atoms with Gasteiger partial charge in [0.05, 0.1) is 24.1 Å². The van der Waals surface area contributed by atoms with E-state index in [1.807, 2.05) is 0 Å². The van der Waals surface area contributed by atoms with Crippen molar-refractivity contribution >= 4 is 29.1 Å². The van der Waals surface area contributed by atoms with Gasteiger partial charge in [0.1, 0.15) is 11.5 Å². The molecule has 2 N–H and O–H groups in total. The predicted octanol–water partition coefficient (Wildman–Crippen LogP) is 4.66. The molecule has 2 aromatic carbocycles. The van der Waals surface area contributed by atoms with E-state index in [9.17, 15) is 9.59 Å². The van der Waals surface area contributed by atoms with Gasteiger partial charge in [0.25, 0.3) is 11.8 Å². The maximum absolute atomic E-state index is 12.8. The molecule has 0 saturated carbocycles. The van der Waals surface area contributed by atoms with Crippen LogP contribution in [0.5, 0.6) is 5.75 Å². The average molecular weight is 413 g/mol. The molecule has 0 spiro atoms. The second kappa shape index (κ2) is 8.84. The van der Waals surface area contributed by atoms with Crippen molar-refractivity contribution in [1.82, 2.24) is 5.32 Å². The van der Waals surface area contributed by atoms with Crippen LogP contribution in [0.2, 0.25) is 5.02 Å². The van der Waals surface area contributed by atoms with Gasteiger partial charge in [0.2, 0.25) is 0 Å². The first-order chi connectivity index (χ1) is 13.8. The number of furan rings is 1. The van der Waals surface area contributed by atoms with Gasteiger partial charge in [-0.15, -0.1) is 0 Å². The monoisotopic (exact) mass is 412 g/mol. The van der Waals surface area contributed by atoms with Gasteiger partial charge in [-0.1, -0.05) is 23.7 Å². The maximum Gasteiger partial charge on any atom is 0.267 e. The lowest BCUT2D eigenvalue weighted by Crippen LogP contribution is -2.43. The van der Waals surface area contributed by atoms with Gasteiger partial charge in [-0.25, -0.2) is 0 Å². The van der Waals surface area contributed by atoms with Crippen molar-refractivity contribution in [3.63, 3.8) is 0 Å². The van der Waals surface area contributed by atoms with Crippen molar-refractivity contribution in [1.29, 1.82) is 0 Å². The third kappa shape index (κ3) is 5.39.